The lowest BCUT2D eigenvalue weighted by Gasteiger charge is -2.24. The van der Waals surface area contributed by atoms with Gasteiger partial charge in [-0.25, -0.2) is 4.68 Å². The molecule has 7 nitrogen and oxygen atoms in total. The van der Waals surface area contributed by atoms with Crippen LogP contribution in [-0.4, -0.2) is 32.6 Å². The number of benzene rings is 1. The molecule has 2 heterocycles. The zero-order valence-electron chi connectivity index (χ0n) is 14.6. The highest BCUT2D eigenvalue weighted by Crippen LogP contribution is 2.28. The predicted octanol–water partition coefficient (Wildman–Crippen LogP) is 3.15. The second kappa shape index (κ2) is 8.70. The molecule has 1 amide bonds. The van der Waals surface area contributed by atoms with Crippen molar-refractivity contribution in [2.75, 3.05) is 17.3 Å². The third-order valence-corrected chi connectivity index (χ3v) is 5.73. The lowest BCUT2D eigenvalue weighted by Crippen LogP contribution is -2.37. The number of nitriles is 1. The fourth-order valence-corrected chi connectivity index (χ4v) is 4.03. The van der Waals surface area contributed by atoms with Gasteiger partial charge in [-0.3, -0.25) is 4.79 Å². The van der Waals surface area contributed by atoms with E-state index in [4.69, 9.17) is 11.1 Å². The normalized spacial score (nSPS) is 11.7. The van der Waals surface area contributed by atoms with Gasteiger partial charge < -0.3 is 10.7 Å². The number of hydrogen-bond donors (Lipinski definition) is 1. The SMILES string of the molecule is C[C@@H](Sc1nnc(-c2cccs2)n1N)C(=O)N(CCC#N)c1ccccc1. The minimum absolute atomic E-state index is 0.109. The molecule has 3 aromatic rings. The van der Waals surface area contributed by atoms with Crippen molar-refractivity contribution in [2.24, 2.45) is 0 Å². The van der Waals surface area contributed by atoms with Gasteiger partial charge in [-0.2, -0.15) is 5.26 Å². The van der Waals surface area contributed by atoms with Crippen LogP contribution in [0.25, 0.3) is 10.7 Å². The zero-order valence-corrected chi connectivity index (χ0v) is 16.3. The number of carbonyl (C=O) groups is 1. The van der Waals surface area contributed by atoms with Gasteiger partial charge in [0.1, 0.15) is 0 Å². The topological polar surface area (TPSA) is 101 Å². The summed E-state index contributed by atoms with van der Waals surface area (Å²) in [5, 5.41) is 19.1. The van der Waals surface area contributed by atoms with E-state index in [0.717, 1.165) is 10.6 Å². The Hall–Kier alpha value is -2.83. The Morgan fingerprint density at radius 1 is 1.33 bits per heavy atom. The number of hydrogen-bond acceptors (Lipinski definition) is 7. The second-order valence-corrected chi connectivity index (χ2v) is 7.90. The van der Waals surface area contributed by atoms with Crippen LogP contribution in [-0.2, 0) is 4.79 Å². The van der Waals surface area contributed by atoms with Gasteiger partial charge in [0.2, 0.25) is 11.1 Å². The minimum atomic E-state index is -0.438. The van der Waals surface area contributed by atoms with E-state index in [1.807, 2.05) is 47.8 Å². The number of anilines is 1. The third kappa shape index (κ3) is 4.30. The average molecular weight is 399 g/mol. The molecule has 1 atom stereocenters. The highest BCUT2D eigenvalue weighted by atomic mass is 32.2. The summed E-state index contributed by atoms with van der Waals surface area (Å²) in [6.07, 6.45) is 0.258. The van der Waals surface area contributed by atoms with Crippen molar-refractivity contribution < 1.29 is 4.79 Å². The quantitative estimate of drug-likeness (QED) is 0.485. The van der Waals surface area contributed by atoms with Crippen molar-refractivity contribution in [3.63, 3.8) is 0 Å². The zero-order chi connectivity index (χ0) is 19.2. The van der Waals surface area contributed by atoms with Gasteiger partial charge in [-0.1, -0.05) is 36.0 Å². The third-order valence-electron chi connectivity index (χ3n) is 3.82. The largest absolute Gasteiger partial charge is 0.335 e. The maximum atomic E-state index is 13.0. The average Bonchev–Trinajstić information content (AvgIpc) is 3.33. The summed E-state index contributed by atoms with van der Waals surface area (Å²) in [6, 6.07) is 15.3. The number of para-hydroxylation sites is 1. The van der Waals surface area contributed by atoms with E-state index in [1.165, 1.54) is 27.8 Å². The fourth-order valence-electron chi connectivity index (χ4n) is 2.50. The van der Waals surface area contributed by atoms with Crippen LogP contribution in [0, 0.1) is 11.3 Å². The van der Waals surface area contributed by atoms with Crippen molar-refractivity contribution in [2.45, 2.75) is 23.8 Å². The number of thioether (sulfide) groups is 1. The van der Waals surface area contributed by atoms with Gasteiger partial charge >= 0.3 is 0 Å². The van der Waals surface area contributed by atoms with Gasteiger partial charge in [0.05, 0.1) is 22.6 Å². The molecule has 0 saturated carbocycles. The van der Waals surface area contributed by atoms with Crippen molar-refractivity contribution in [3.05, 3.63) is 47.8 Å². The first-order chi connectivity index (χ1) is 13.1. The first kappa shape index (κ1) is 18.9. The molecule has 27 heavy (non-hydrogen) atoms. The molecule has 3 rings (SSSR count). The van der Waals surface area contributed by atoms with Crippen molar-refractivity contribution in [1.82, 2.24) is 14.9 Å². The predicted molar refractivity (Wildman–Crippen MR) is 108 cm³/mol. The van der Waals surface area contributed by atoms with E-state index >= 15 is 0 Å². The van der Waals surface area contributed by atoms with Crippen LogP contribution in [0.1, 0.15) is 13.3 Å². The molecule has 0 bridgehead atoms. The van der Waals surface area contributed by atoms with Crippen LogP contribution >= 0.6 is 23.1 Å². The van der Waals surface area contributed by atoms with Gasteiger partial charge in [0.25, 0.3) is 0 Å². The number of rotatable bonds is 7. The maximum Gasteiger partial charge on any atom is 0.240 e. The van der Waals surface area contributed by atoms with Crippen LogP contribution in [0.4, 0.5) is 5.69 Å². The first-order valence-electron chi connectivity index (χ1n) is 8.26. The molecule has 0 saturated heterocycles. The molecule has 0 spiro atoms. The van der Waals surface area contributed by atoms with Gasteiger partial charge in [-0.05, 0) is 30.5 Å². The number of nitrogen functional groups attached to an aromatic ring is 1. The molecule has 138 valence electrons. The number of nitrogens with two attached hydrogens (primary N) is 1. The molecule has 0 aliphatic heterocycles. The first-order valence-corrected chi connectivity index (χ1v) is 10.0. The van der Waals surface area contributed by atoms with Crippen molar-refractivity contribution in [3.8, 4) is 16.8 Å². The summed E-state index contributed by atoms with van der Waals surface area (Å²) in [4.78, 5) is 15.5. The number of thiophene rings is 1. The molecule has 1 aromatic carbocycles. The Balaban J connectivity index is 1.77. The van der Waals surface area contributed by atoms with Crippen molar-refractivity contribution >= 4 is 34.7 Å². The summed E-state index contributed by atoms with van der Waals surface area (Å²) in [5.74, 6) is 6.58. The summed E-state index contributed by atoms with van der Waals surface area (Å²) in [6.45, 7) is 2.13. The Labute approximate surface area is 165 Å². The summed E-state index contributed by atoms with van der Waals surface area (Å²) >= 11 is 2.77. The molecule has 2 aromatic heterocycles. The fraction of sp³-hybridized carbons (Fsp3) is 0.222. The highest BCUT2D eigenvalue weighted by molar-refractivity contribution is 8.00. The van der Waals surface area contributed by atoms with E-state index in [1.54, 1.807) is 11.8 Å². The number of carbonyl (C=O) groups excluding carboxylic acids is 1. The van der Waals surface area contributed by atoms with Crippen LogP contribution in [0.5, 0.6) is 0 Å². The van der Waals surface area contributed by atoms with Gasteiger partial charge in [0, 0.05) is 12.2 Å². The van der Waals surface area contributed by atoms with E-state index in [0.29, 0.717) is 17.5 Å². The Morgan fingerprint density at radius 3 is 2.78 bits per heavy atom. The second-order valence-electron chi connectivity index (χ2n) is 5.65. The van der Waals surface area contributed by atoms with Crippen LogP contribution < -0.4 is 10.7 Å². The van der Waals surface area contributed by atoms with Crippen LogP contribution in [0.2, 0.25) is 0 Å². The number of aromatic nitrogens is 3. The molecular formula is C18H18N6OS2. The maximum absolute atomic E-state index is 13.0. The van der Waals surface area contributed by atoms with Gasteiger partial charge in [0.15, 0.2) is 5.82 Å². The molecule has 0 unspecified atom stereocenters. The highest BCUT2D eigenvalue weighted by Gasteiger charge is 2.25. The lowest BCUT2D eigenvalue weighted by molar-refractivity contribution is -0.117. The summed E-state index contributed by atoms with van der Waals surface area (Å²) < 4.78 is 1.41. The summed E-state index contributed by atoms with van der Waals surface area (Å²) in [7, 11) is 0. The van der Waals surface area contributed by atoms with E-state index in [9.17, 15) is 4.79 Å². The molecule has 9 heteroatoms. The Kier molecular flexibility index (Phi) is 6.11. The number of amides is 1. The van der Waals surface area contributed by atoms with E-state index in [2.05, 4.69) is 16.3 Å². The Morgan fingerprint density at radius 2 is 2.11 bits per heavy atom. The lowest BCUT2D eigenvalue weighted by atomic mass is 10.2. The van der Waals surface area contributed by atoms with Crippen molar-refractivity contribution in [1.29, 1.82) is 5.26 Å². The van der Waals surface area contributed by atoms with Crippen LogP contribution in [0.3, 0.4) is 0 Å². The van der Waals surface area contributed by atoms with E-state index < -0.39 is 5.25 Å². The number of nitrogens with zero attached hydrogens (tertiary/aromatic N) is 5. The van der Waals surface area contributed by atoms with Gasteiger partial charge in [-0.15, -0.1) is 21.5 Å². The Bertz CT molecular complexity index is 933. The molecular weight excluding hydrogens is 380 g/mol. The van der Waals surface area contributed by atoms with Crippen LogP contribution in [0.15, 0.2) is 53.0 Å². The molecule has 0 fully saturated rings. The standard InChI is InChI=1S/C18H18N6OS2/c1-13(17(25)23(11-6-10-19)14-7-3-2-4-8-14)27-18-22-21-16(24(18)20)15-9-5-12-26-15/h2-5,7-9,12-13H,6,11,20H2,1H3/t13-/m1/s1. The molecule has 2 N–H and O–H groups in total. The molecule has 0 aliphatic rings. The molecule has 0 aliphatic carbocycles. The summed E-state index contributed by atoms with van der Waals surface area (Å²) in [5.41, 5.74) is 0.763. The monoisotopic (exact) mass is 398 g/mol. The van der Waals surface area contributed by atoms with E-state index in [-0.39, 0.29) is 12.3 Å². The minimum Gasteiger partial charge on any atom is -0.335 e. The molecule has 0 radical (unpaired) electrons. The smallest absolute Gasteiger partial charge is 0.240 e.